The van der Waals surface area contributed by atoms with Gasteiger partial charge in [0, 0.05) is 24.0 Å². The molecule has 2 N–H and O–H groups in total. The van der Waals surface area contributed by atoms with Gasteiger partial charge in [-0.15, -0.1) is 0 Å². The van der Waals surface area contributed by atoms with Crippen molar-refractivity contribution in [2.75, 3.05) is 5.73 Å². The Hall–Kier alpha value is -1.77. The van der Waals surface area contributed by atoms with Crippen LogP contribution in [0.2, 0.25) is 0 Å². The lowest BCUT2D eigenvalue weighted by Gasteiger charge is -1.96. The van der Waals surface area contributed by atoms with E-state index in [0.29, 0.717) is 0 Å². The summed E-state index contributed by atoms with van der Waals surface area (Å²) in [5.41, 5.74) is 9.63. The molecule has 1 aromatic carbocycles. The van der Waals surface area contributed by atoms with Gasteiger partial charge in [0.1, 0.15) is 0 Å². The maximum atomic E-state index is 5.61. The molecule has 0 fully saturated rings. The average molecular weight is 187 g/mol. The van der Waals surface area contributed by atoms with Crippen LogP contribution in [-0.4, -0.2) is 9.78 Å². The lowest BCUT2D eigenvalue weighted by molar-refractivity contribution is 0.743. The number of aryl methyl sites for hydroxylation is 2. The zero-order chi connectivity index (χ0) is 10.1. The molecule has 0 radical (unpaired) electrons. The van der Waals surface area contributed by atoms with E-state index in [1.807, 2.05) is 42.9 Å². The summed E-state index contributed by atoms with van der Waals surface area (Å²) in [6.45, 7) is 2.04. The third-order valence-corrected chi connectivity index (χ3v) is 2.32. The van der Waals surface area contributed by atoms with Crippen LogP contribution >= 0.6 is 0 Å². The Morgan fingerprint density at radius 3 is 2.36 bits per heavy atom. The fourth-order valence-corrected chi connectivity index (χ4v) is 1.36. The van der Waals surface area contributed by atoms with Crippen molar-refractivity contribution in [1.29, 1.82) is 0 Å². The molecular weight excluding hydrogens is 174 g/mol. The third-order valence-electron chi connectivity index (χ3n) is 2.32. The van der Waals surface area contributed by atoms with Crippen LogP contribution in [0.1, 0.15) is 5.69 Å². The summed E-state index contributed by atoms with van der Waals surface area (Å²) in [6, 6.07) is 9.80. The molecule has 0 saturated carbocycles. The Bertz CT molecular complexity index is 421. The van der Waals surface area contributed by atoms with Crippen LogP contribution in [-0.2, 0) is 7.05 Å². The highest BCUT2D eigenvalue weighted by atomic mass is 15.3. The largest absolute Gasteiger partial charge is 0.399 e. The Morgan fingerprint density at radius 1 is 1.21 bits per heavy atom. The predicted octanol–water partition coefficient (Wildman–Crippen LogP) is 1.98. The minimum atomic E-state index is 0.779. The van der Waals surface area contributed by atoms with Crippen LogP contribution < -0.4 is 5.73 Å². The molecule has 0 spiro atoms. The number of hydrogen-bond acceptors (Lipinski definition) is 2. The van der Waals surface area contributed by atoms with E-state index in [-0.39, 0.29) is 0 Å². The van der Waals surface area contributed by atoms with Gasteiger partial charge >= 0.3 is 0 Å². The van der Waals surface area contributed by atoms with E-state index in [1.165, 1.54) is 0 Å². The van der Waals surface area contributed by atoms with Crippen molar-refractivity contribution in [3.63, 3.8) is 0 Å². The Kier molecular flexibility index (Phi) is 2.00. The van der Waals surface area contributed by atoms with E-state index < -0.39 is 0 Å². The van der Waals surface area contributed by atoms with Crippen LogP contribution in [0.25, 0.3) is 11.3 Å². The standard InChI is InChI=1S/C11H13N3/c1-8-7-11(13-14(8)2)9-3-5-10(12)6-4-9/h3-7H,12H2,1-2H3. The first kappa shape index (κ1) is 8.81. The van der Waals surface area contributed by atoms with E-state index in [4.69, 9.17) is 5.73 Å². The lowest BCUT2D eigenvalue weighted by atomic mass is 10.1. The number of benzene rings is 1. The van der Waals surface area contributed by atoms with Crippen LogP contribution in [0.15, 0.2) is 30.3 Å². The number of anilines is 1. The molecule has 0 amide bonds. The molecule has 0 aliphatic heterocycles. The molecule has 2 aromatic rings. The summed E-state index contributed by atoms with van der Waals surface area (Å²) in [5, 5.41) is 4.39. The Labute approximate surface area is 83.2 Å². The van der Waals surface area contributed by atoms with Gasteiger partial charge in [0.05, 0.1) is 5.69 Å². The predicted molar refractivity (Wildman–Crippen MR) is 57.8 cm³/mol. The second-order valence-electron chi connectivity index (χ2n) is 3.42. The van der Waals surface area contributed by atoms with Crippen molar-refractivity contribution in [3.8, 4) is 11.3 Å². The van der Waals surface area contributed by atoms with Gasteiger partial charge in [-0.05, 0) is 25.1 Å². The van der Waals surface area contributed by atoms with Crippen LogP contribution in [0.5, 0.6) is 0 Å². The zero-order valence-corrected chi connectivity index (χ0v) is 8.36. The maximum Gasteiger partial charge on any atom is 0.0925 e. The molecule has 0 atom stereocenters. The molecule has 3 nitrogen and oxygen atoms in total. The number of rotatable bonds is 1. The third kappa shape index (κ3) is 1.48. The molecule has 0 unspecified atom stereocenters. The topological polar surface area (TPSA) is 43.8 Å². The summed E-state index contributed by atoms with van der Waals surface area (Å²) >= 11 is 0. The smallest absolute Gasteiger partial charge is 0.0925 e. The summed E-state index contributed by atoms with van der Waals surface area (Å²) in [5.74, 6) is 0. The second kappa shape index (κ2) is 3.18. The fourth-order valence-electron chi connectivity index (χ4n) is 1.36. The van der Waals surface area contributed by atoms with Crippen LogP contribution in [0, 0.1) is 6.92 Å². The zero-order valence-electron chi connectivity index (χ0n) is 8.36. The SMILES string of the molecule is Cc1cc(-c2ccc(N)cc2)nn1C. The number of nitrogens with two attached hydrogens (primary N) is 1. The van der Waals surface area contributed by atoms with Crippen molar-refractivity contribution in [2.45, 2.75) is 6.92 Å². The molecule has 14 heavy (non-hydrogen) atoms. The minimum absolute atomic E-state index is 0.779. The average Bonchev–Trinajstić information content (AvgIpc) is 2.48. The summed E-state index contributed by atoms with van der Waals surface area (Å²) < 4.78 is 1.87. The van der Waals surface area contributed by atoms with E-state index in [0.717, 1.165) is 22.6 Å². The molecule has 72 valence electrons. The molecule has 3 heteroatoms. The van der Waals surface area contributed by atoms with Gasteiger partial charge in [0.25, 0.3) is 0 Å². The normalized spacial score (nSPS) is 10.4. The van der Waals surface area contributed by atoms with E-state index >= 15 is 0 Å². The Balaban J connectivity index is 2.44. The Morgan fingerprint density at radius 2 is 1.86 bits per heavy atom. The van der Waals surface area contributed by atoms with Gasteiger partial charge in [-0.3, -0.25) is 4.68 Å². The highest BCUT2D eigenvalue weighted by Gasteiger charge is 2.02. The molecular formula is C11H13N3. The molecule has 2 rings (SSSR count). The van der Waals surface area contributed by atoms with Crippen molar-refractivity contribution in [3.05, 3.63) is 36.0 Å². The van der Waals surface area contributed by atoms with Crippen molar-refractivity contribution in [1.82, 2.24) is 9.78 Å². The number of hydrogen-bond donors (Lipinski definition) is 1. The minimum Gasteiger partial charge on any atom is -0.399 e. The van der Waals surface area contributed by atoms with Crippen LogP contribution in [0.4, 0.5) is 5.69 Å². The summed E-state index contributed by atoms with van der Waals surface area (Å²) in [7, 11) is 1.94. The summed E-state index contributed by atoms with van der Waals surface area (Å²) in [4.78, 5) is 0. The highest BCUT2D eigenvalue weighted by molar-refractivity contribution is 5.62. The maximum absolute atomic E-state index is 5.61. The molecule has 0 saturated heterocycles. The lowest BCUT2D eigenvalue weighted by Crippen LogP contribution is -1.92. The number of aromatic nitrogens is 2. The van der Waals surface area contributed by atoms with Gasteiger partial charge in [-0.1, -0.05) is 12.1 Å². The quantitative estimate of drug-likeness (QED) is 0.694. The number of nitrogens with zero attached hydrogens (tertiary/aromatic N) is 2. The van der Waals surface area contributed by atoms with E-state index in [9.17, 15) is 0 Å². The summed E-state index contributed by atoms with van der Waals surface area (Å²) in [6.07, 6.45) is 0. The molecule has 0 aliphatic carbocycles. The van der Waals surface area contributed by atoms with Crippen molar-refractivity contribution >= 4 is 5.69 Å². The fraction of sp³-hybridized carbons (Fsp3) is 0.182. The van der Waals surface area contributed by atoms with Crippen molar-refractivity contribution in [2.24, 2.45) is 7.05 Å². The first-order valence-electron chi connectivity index (χ1n) is 4.53. The van der Waals surface area contributed by atoms with Gasteiger partial charge in [0.2, 0.25) is 0 Å². The van der Waals surface area contributed by atoms with E-state index in [2.05, 4.69) is 11.2 Å². The van der Waals surface area contributed by atoms with Gasteiger partial charge in [0.15, 0.2) is 0 Å². The van der Waals surface area contributed by atoms with Crippen molar-refractivity contribution < 1.29 is 0 Å². The highest BCUT2D eigenvalue weighted by Crippen LogP contribution is 2.19. The van der Waals surface area contributed by atoms with Gasteiger partial charge in [-0.2, -0.15) is 5.10 Å². The molecule has 0 bridgehead atoms. The number of nitrogen functional groups attached to an aromatic ring is 1. The molecule has 1 aromatic heterocycles. The van der Waals surface area contributed by atoms with Gasteiger partial charge in [-0.25, -0.2) is 0 Å². The first-order valence-corrected chi connectivity index (χ1v) is 4.53. The molecule has 0 aliphatic rings. The molecule has 1 heterocycles. The first-order chi connectivity index (χ1) is 6.66. The van der Waals surface area contributed by atoms with Crippen LogP contribution in [0.3, 0.4) is 0 Å². The van der Waals surface area contributed by atoms with E-state index in [1.54, 1.807) is 0 Å². The second-order valence-corrected chi connectivity index (χ2v) is 3.42. The van der Waals surface area contributed by atoms with Gasteiger partial charge < -0.3 is 5.73 Å². The monoisotopic (exact) mass is 187 g/mol.